The lowest BCUT2D eigenvalue weighted by Crippen LogP contribution is -1.56. The Balaban J connectivity index is 1.89. The molecule has 0 bridgehead atoms. The van der Waals surface area contributed by atoms with Crippen LogP contribution in [0.25, 0.3) is 0 Å². The van der Waals surface area contributed by atoms with Gasteiger partial charge < -0.3 is 0 Å². The maximum atomic E-state index is 5.47. The van der Waals surface area contributed by atoms with Gasteiger partial charge in [0.05, 0.1) is 8.42 Å². The fourth-order valence-corrected chi connectivity index (χ4v) is 89.4. The maximum Gasteiger partial charge on any atom is 0.145 e. The van der Waals surface area contributed by atoms with E-state index >= 15 is 0 Å². The molecule has 0 aliphatic heterocycles. The highest BCUT2D eigenvalue weighted by Crippen LogP contribution is 2.66. The molecule has 248 valence electrons. The predicted octanol–water partition coefficient (Wildman–Crippen LogP) is 25.2. The second-order valence-electron chi connectivity index (χ2n) is 3.39. The smallest absolute Gasteiger partial charge is 0.104 e. The molecule has 0 saturated heterocycles. The summed E-state index contributed by atoms with van der Waals surface area (Å²) in [5, 5.41) is 0. The van der Waals surface area contributed by atoms with Crippen molar-refractivity contribution in [1.29, 1.82) is 0 Å². The lowest BCUT2D eigenvalue weighted by molar-refractivity contribution is 1.56. The van der Waals surface area contributed by atoms with Gasteiger partial charge in [-0.2, -0.15) is 0 Å². The van der Waals surface area contributed by atoms with E-state index in [1.807, 2.05) is 198 Å². The molecule has 0 spiro atoms. The van der Waals surface area contributed by atoms with Gasteiger partial charge in [-0.3, -0.25) is 0 Å². The predicted molar refractivity (Wildman–Crippen MR) is 306 cm³/mol. The van der Waals surface area contributed by atoms with Crippen molar-refractivity contribution in [1.82, 2.24) is 0 Å². The van der Waals surface area contributed by atoms with E-state index in [2.05, 4.69) is 23.3 Å². The Morgan fingerprint density at radius 1 is 0.310 bits per heavy atom. The van der Waals surface area contributed by atoms with E-state index in [-0.39, 0.29) is 0 Å². The number of rotatable bonds is 34. The van der Waals surface area contributed by atoms with E-state index in [0.29, 0.717) is 0 Å². The molecule has 0 unspecified atom stereocenters. The summed E-state index contributed by atoms with van der Waals surface area (Å²) in [6.45, 7) is 0. The normalized spacial score (nSPS) is 11.6. The molecular formula is C3H2S39. The molecule has 0 amide bonds. The zero-order chi connectivity index (χ0) is 30.2. The van der Waals surface area contributed by atoms with Gasteiger partial charge in [0.15, 0.2) is 0 Å². The number of hydrogen-bond acceptors (Lipinski definition) is 39. The van der Waals surface area contributed by atoms with Gasteiger partial charge in [0.25, 0.3) is 0 Å². The van der Waals surface area contributed by atoms with Crippen molar-refractivity contribution < 1.29 is 0 Å². The van der Waals surface area contributed by atoms with Crippen LogP contribution in [0.4, 0.5) is 0 Å². The number of thiol groups is 2. The van der Waals surface area contributed by atoms with Crippen LogP contribution in [0.1, 0.15) is 0 Å². The van der Waals surface area contributed by atoms with Crippen LogP contribution < -0.4 is 0 Å². The first-order valence-corrected chi connectivity index (χ1v) is 55.8. The molecule has 0 atom stereocenters. The topological polar surface area (TPSA) is 0 Å². The molecular weight excluding hydrogens is 1290 g/mol. The van der Waals surface area contributed by atoms with Crippen LogP contribution in [0.5, 0.6) is 0 Å². The highest BCUT2D eigenvalue weighted by molar-refractivity contribution is 9.59. The van der Waals surface area contributed by atoms with Gasteiger partial charge >= 0.3 is 0 Å². The molecule has 0 aliphatic carbocycles. The molecule has 1 aromatic heterocycles. The Hall–Kier alpha value is 12.9. The van der Waals surface area contributed by atoms with E-state index in [9.17, 15) is 0 Å². The number of hydrogen-bond donors (Lipinski definition) is 2. The summed E-state index contributed by atoms with van der Waals surface area (Å²) in [5.41, 5.74) is 0. The van der Waals surface area contributed by atoms with E-state index in [1.54, 1.807) is 141 Å². The average molecular weight is 1290 g/mol. The third-order valence-corrected chi connectivity index (χ3v) is 76.4. The van der Waals surface area contributed by atoms with Gasteiger partial charge in [-0.25, -0.2) is 0 Å². The van der Waals surface area contributed by atoms with E-state index < -0.39 is 0 Å². The molecule has 0 radical (unpaired) electrons. The zero-order valence-corrected chi connectivity index (χ0v) is 49.5. The minimum atomic E-state index is 0.998. The summed E-state index contributed by atoms with van der Waals surface area (Å²) < 4.78 is 3.63. The highest BCUT2D eigenvalue weighted by atomic mass is 34.1. The first kappa shape index (κ1) is 52.9. The third-order valence-electron chi connectivity index (χ3n) is 1.58. The Labute approximate surface area is 395 Å². The quantitative estimate of drug-likeness (QED) is 0.0291. The molecule has 1 heterocycles. The van der Waals surface area contributed by atoms with Crippen LogP contribution in [0, 0.1) is 3.14 Å². The van der Waals surface area contributed by atoms with Crippen LogP contribution >= 0.6 is 394 Å². The second-order valence-corrected chi connectivity index (χ2v) is 66.2. The molecule has 39 heteroatoms. The maximum absolute atomic E-state index is 5.47. The van der Waals surface area contributed by atoms with E-state index in [1.165, 1.54) is 28.1 Å². The van der Waals surface area contributed by atoms with Gasteiger partial charge in [0, 0.05) is 0 Å². The van der Waals surface area contributed by atoms with Crippen LogP contribution in [-0.4, -0.2) is 0 Å². The van der Waals surface area contributed by atoms with Crippen molar-refractivity contribution in [2.45, 2.75) is 8.42 Å². The van der Waals surface area contributed by atoms with Crippen molar-refractivity contribution in [3.05, 3.63) is 3.14 Å². The Bertz CT molecular complexity index is 646. The molecule has 0 aliphatic rings. The van der Waals surface area contributed by atoms with Crippen molar-refractivity contribution in [3.8, 4) is 0 Å². The fraction of sp³-hybridized carbons (Fsp3) is 0. The highest BCUT2D eigenvalue weighted by Gasteiger charge is 2.11. The first-order chi connectivity index (χ1) is 20.8. The summed E-state index contributed by atoms with van der Waals surface area (Å²) >= 11 is 17.1. The standard InChI is InChI=1S/C3H2S39/c4-3-7-1(9-13-17-21-25-29-33-37-41-39-35-31-27-23-19-15-11-5)2(8-3)10-14-18-22-26-30-34-38-42-40-36-32-28-24-20-16-12-6/h5-6H. The lowest BCUT2D eigenvalue weighted by Gasteiger charge is -2.01. The van der Waals surface area contributed by atoms with Crippen molar-refractivity contribution in [2.24, 2.45) is 0 Å². The molecule has 0 aromatic carbocycles. The van der Waals surface area contributed by atoms with Crippen molar-refractivity contribution >= 4 is 394 Å². The van der Waals surface area contributed by atoms with Crippen LogP contribution in [-0.2, 0) is 0 Å². The molecule has 1 aromatic rings. The molecule has 42 heavy (non-hydrogen) atoms. The van der Waals surface area contributed by atoms with Crippen molar-refractivity contribution in [2.75, 3.05) is 0 Å². The first-order valence-electron chi connectivity index (χ1n) is 7.38. The summed E-state index contributed by atoms with van der Waals surface area (Å²) in [7, 11) is 60.4. The summed E-state index contributed by atoms with van der Waals surface area (Å²) in [6.07, 6.45) is 0. The van der Waals surface area contributed by atoms with Gasteiger partial charge in [-0.1, -0.05) is 35.5 Å². The minimum absolute atomic E-state index is 0.998. The Morgan fingerprint density at radius 2 is 0.500 bits per heavy atom. The van der Waals surface area contributed by atoms with Gasteiger partial charge in [0.1, 0.15) is 3.14 Å². The van der Waals surface area contributed by atoms with Gasteiger partial charge in [-0.05, 0) is 336 Å². The summed E-state index contributed by atoms with van der Waals surface area (Å²) in [6, 6.07) is 0. The Kier molecular flexibility index (Phi) is 56.6. The molecule has 0 nitrogen and oxygen atoms in total. The van der Waals surface area contributed by atoms with Crippen LogP contribution in [0.2, 0.25) is 0 Å². The fourth-order valence-electron chi connectivity index (χ4n) is 0.767. The van der Waals surface area contributed by atoms with E-state index in [0.717, 1.165) is 3.14 Å². The molecule has 1 rings (SSSR count). The largest absolute Gasteiger partial charge is 0.145 e. The molecule has 0 saturated carbocycles. The van der Waals surface area contributed by atoms with Crippen molar-refractivity contribution in [3.63, 3.8) is 0 Å². The zero-order valence-electron chi connectivity index (χ0n) is 17.5. The molecule has 0 fully saturated rings. The summed E-state index contributed by atoms with van der Waals surface area (Å²) in [4.78, 5) is 0. The monoisotopic (exact) mass is 1280 g/mol. The van der Waals surface area contributed by atoms with Crippen LogP contribution in [0.3, 0.4) is 0 Å². The van der Waals surface area contributed by atoms with E-state index in [4.69, 9.17) is 12.2 Å². The van der Waals surface area contributed by atoms with Gasteiger partial charge in [0.2, 0.25) is 0 Å². The molecule has 0 N–H and O–H groups in total. The van der Waals surface area contributed by atoms with Crippen LogP contribution in [0.15, 0.2) is 8.42 Å². The average Bonchev–Trinajstić information content (AvgIpc) is 3.35. The second kappa shape index (κ2) is 45.0. The minimum Gasteiger partial charge on any atom is -0.104 e. The summed E-state index contributed by atoms with van der Waals surface area (Å²) in [5.74, 6) is 0. The van der Waals surface area contributed by atoms with Gasteiger partial charge in [-0.15, -0.1) is 22.7 Å². The Morgan fingerprint density at radius 3 is 0.714 bits per heavy atom. The third kappa shape index (κ3) is 38.4. The SMILES string of the molecule is S=c1sc(SSSSSSSSSSSSSSSSSS)c(SSSSSSSSSSSSSSSSSS)s1. The lowest BCUT2D eigenvalue weighted by atomic mass is 11.1.